The van der Waals surface area contributed by atoms with Gasteiger partial charge in [0.25, 0.3) is 0 Å². The lowest BCUT2D eigenvalue weighted by Gasteiger charge is -2.15. The molecule has 0 heteroatoms. The first kappa shape index (κ1) is 6.20. The van der Waals surface area contributed by atoms with Gasteiger partial charge in [0.05, 0.1) is 0 Å². The van der Waals surface area contributed by atoms with Crippen molar-refractivity contribution >= 4 is 0 Å². The third-order valence-corrected chi connectivity index (χ3v) is 1.29. The summed E-state index contributed by atoms with van der Waals surface area (Å²) in [5.41, 5.74) is 10.0. The van der Waals surface area contributed by atoms with Gasteiger partial charge >= 0.3 is 0 Å². The summed E-state index contributed by atoms with van der Waals surface area (Å²) in [6.07, 6.45) is 1.93. The van der Waals surface area contributed by atoms with Gasteiger partial charge in [0, 0.05) is 11.6 Å². The van der Waals surface area contributed by atoms with Crippen LogP contribution in [0.15, 0.2) is 28.8 Å². The van der Waals surface area contributed by atoms with E-state index in [9.17, 15) is 0 Å². The van der Waals surface area contributed by atoms with Gasteiger partial charge in [-0.25, -0.2) is 0 Å². The van der Waals surface area contributed by atoms with Crippen molar-refractivity contribution in [2.75, 3.05) is 0 Å². The van der Waals surface area contributed by atoms with Gasteiger partial charge in [-0.2, -0.15) is 0 Å². The average molecular weight is 118 g/mol. The lowest BCUT2D eigenvalue weighted by molar-refractivity contribution is 0.519. The lowest BCUT2D eigenvalue weighted by atomic mass is 9.88. The Balaban J connectivity index is 2.94. The second-order valence-electron chi connectivity index (χ2n) is 3.20. The predicted octanol–water partition coefficient (Wildman–Crippen LogP) is 2.44. The topological polar surface area (TPSA) is 0 Å². The van der Waals surface area contributed by atoms with Crippen molar-refractivity contribution in [3.8, 4) is 0 Å². The van der Waals surface area contributed by atoms with Crippen LogP contribution in [0.4, 0.5) is 0 Å². The quantitative estimate of drug-likeness (QED) is 0.428. The monoisotopic (exact) mass is 118 g/mol. The fourth-order valence-electron chi connectivity index (χ4n) is 0.652. The van der Waals surface area contributed by atoms with Crippen LogP contribution in [0.25, 0.3) is 0 Å². The van der Waals surface area contributed by atoms with Crippen molar-refractivity contribution in [1.29, 1.82) is 0 Å². The van der Waals surface area contributed by atoms with E-state index in [2.05, 4.69) is 38.0 Å². The van der Waals surface area contributed by atoms with Gasteiger partial charge in [-0.05, 0) is 11.1 Å². The van der Waals surface area contributed by atoms with E-state index in [1.165, 1.54) is 5.57 Å². The molecule has 0 saturated heterocycles. The minimum absolute atomic E-state index is 0.205. The van der Waals surface area contributed by atoms with Crippen LogP contribution in [0.1, 0.15) is 20.8 Å². The minimum atomic E-state index is 0.205. The maximum absolute atomic E-state index is 3.00. The third-order valence-electron chi connectivity index (χ3n) is 1.29. The molecule has 0 aromatic heterocycles. The first-order chi connectivity index (χ1) is 4.11. The second-order valence-corrected chi connectivity index (χ2v) is 3.20. The van der Waals surface area contributed by atoms with E-state index in [1.807, 2.05) is 6.08 Å². The molecule has 46 valence electrons. The number of hydrogen-bond donors (Lipinski definition) is 0. The van der Waals surface area contributed by atoms with Gasteiger partial charge in [-0.1, -0.05) is 32.2 Å². The van der Waals surface area contributed by atoms with Crippen LogP contribution in [0.3, 0.4) is 0 Å². The summed E-state index contributed by atoms with van der Waals surface area (Å²) in [6, 6.07) is 0. The van der Waals surface area contributed by atoms with Crippen molar-refractivity contribution in [2.45, 2.75) is 20.8 Å². The Bertz CT molecular complexity index is 242. The third kappa shape index (κ3) is 1.25. The summed E-state index contributed by atoms with van der Waals surface area (Å²) >= 11 is 0. The zero-order valence-electron chi connectivity index (χ0n) is 6.08. The molecule has 0 fully saturated rings. The molecule has 0 radical (unpaired) electrons. The summed E-state index contributed by atoms with van der Waals surface area (Å²) in [5, 5.41) is 0. The molecule has 0 spiro atoms. The Labute approximate surface area is 55.9 Å². The SMILES string of the molecule is CC(C)(C)C1=C=C=C=C1. The Kier molecular flexibility index (Phi) is 1.24. The molecule has 0 bridgehead atoms. The summed E-state index contributed by atoms with van der Waals surface area (Å²) in [5.74, 6) is 0. The van der Waals surface area contributed by atoms with E-state index in [0.717, 1.165) is 0 Å². The van der Waals surface area contributed by atoms with Gasteiger partial charge < -0.3 is 0 Å². The molecule has 1 aliphatic rings. The molecule has 9 heavy (non-hydrogen) atoms. The molecule has 1 aliphatic carbocycles. The van der Waals surface area contributed by atoms with E-state index < -0.39 is 0 Å². The van der Waals surface area contributed by atoms with E-state index in [4.69, 9.17) is 0 Å². The molecule has 0 N–H and O–H groups in total. The van der Waals surface area contributed by atoms with E-state index in [-0.39, 0.29) is 5.41 Å². The maximum atomic E-state index is 3.00. The zero-order chi connectivity index (χ0) is 6.91. The van der Waals surface area contributed by atoms with Crippen LogP contribution in [-0.2, 0) is 0 Å². The van der Waals surface area contributed by atoms with Gasteiger partial charge in [0.1, 0.15) is 0 Å². The number of rotatable bonds is 0. The smallest absolute Gasteiger partial charge is 0.0168 e. The molecule has 0 atom stereocenters. The fraction of sp³-hybridized carbons (Fsp3) is 0.444. The van der Waals surface area contributed by atoms with Crippen LogP contribution in [-0.4, -0.2) is 0 Å². The molecular weight excluding hydrogens is 108 g/mol. The van der Waals surface area contributed by atoms with Crippen molar-refractivity contribution in [3.05, 3.63) is 28.8 Å². The molecule has 0 saturated carbocycles. The summed E-state index contributed by atoms with van der Waals surface area (Å²) < 4.78 is 0. The highest BCUT2D eigenvalue weighted by molar-refractivity contribution is 5.27. The van der Waals surface area contributed by atoms with Gasteiger partial charge in [0.2, 0.25) is 0 Å². The summed E-state index contributed by atoms with van der Waals surface area (Å²) in [7, 11) is 0. The molecule has 0 heterocycles. The van der Waals surface area contributed by atoms with Gasteiger partial charge in [-0.15, -0.1) is 0 Å². The Morgan fingerprint density at radius 1 is 1.33 bits per heavy atom. The van der Waals surface area contributed by atoms with Crippen molar-refractivity contribution in [3.63, 3.8) is 0 Å². The molecule has 1 rings (SSSR count). The van der Waals surface area contributed by atoms with E-state index in [0.29, 0.717) is 0 Å². The molecule has 0 amide bonds. The highest BCUT2D eigenvalue weighted by Gasteiger charge is 2.14. The molecule has 0 aliphatic heterocycles. The molecule has 0 aromatic carbocycles. The number of allylic oxidation sites excluding steroid dienone is 2. The van der Waals surface area contributed by atoms with Crippen LogP contribution in [0, 0.1) is 5.41 Å². The second kappa shape index (κ2) is 1.79. The van der Waals surface area contributed by atoms with Crippen molar-refractivity contribution in [2.24, 2.45) is 5.41 Å². The van der Waals surface area contributed by atoms with Crippen molar-refractivity contribution < 1.29 is 0 Å². The highest BCUT2D eigenvalue weighted by atomic mass is 14.2. The molecule has 0 nitrogen and oxygen atoms in total. The summed E-state index contributed by atoms with van der Waals surface area (Å²) in [4.78, 5) is 0. The molecule has 0 aromatic rings. The Morgan fingerprint density at radius 2 is 2.00 bits per heavy atom. The van der Waals surface area contributed by atoms with Crippen LogP contribution in [0.5, 0.6) is 0 Å². The molecular formula is C9H10. The van der Waals surface area contributed by atoms with Gasteiger partial charge in [0.15, 0.2) is 0 Å². The largest absolute Gasteiger partial charge is 0.0605 e. The number of hydrogen-bond acceptors (Lipinski definition) is 0. The standard InChI is InChI=1S/C9H10/c1-9(2,3)8-6-4-5-7-8/h6H,1-3H3. The summed E-state index contributed by atoms with van der Waals surface area (Å²) in [6.45, 7) is 6.46. The Morgan fingerprint density at radius 3 is 2.22 bits per heavy atom. The van der Waals surface area contributed by atoms with Crippen molar-refractivity contribution in [1.82, 2.24) is 0 Å². The maximum Gasteiger partial charge on any atom is 0.0168 e. The highest BCUT2D eigenvalue weighted by Crippen LogP contribution is 2.25. The minimum Gasteiger partial charge on any atom is -0.0605 e. The predicted molar refractivity (Wildman–Crippen MR) is 38.1 cm³/mol. The lowest BCUT2D eigenvalue weighted by Crippen LogP contribution is -2.05. The first-order valence-electron chi connectivity index (χ1n) is 3.08. The normalized spacial score (nSPS) is 14.8. The van der Waals surface area contributed by atoms with Gasteiger partial charge in [-0.3, -0.25) is 0 Å². The van der Waals surface area contributed by atoms with Crippen LogP contribution < -0.4 is 0 Å². The van der Waals surface area contributed by atoms with Crippen LogP contribution >= 0.6 is 0 Å². The zero-order valence-corrected chi connectivity index (χ0v) is 6.08. The molecule has 0 unspecified atom stereocenters. The Hall–Kier alpha value is -0.920. The average Bonchev–Trinajstić information content (AvgIpc) is 2.08. The van der Waals surface area contributed by atoms with E-state index in [1.54, 1.807) is 0 Å². The first-order valence-corrected chi connectivity index (χ1v) is 3.08. The van der Waals surface area contributed by atoms with Crippen LogP contribution in [0.2, 0.25) is 0 Å². The van der Waals surface area contributed by atoms with E-state index >= 15 is 0 Å². The fourth-order valence-corrected chi connectivity index (χ4v) is 0.652.